The molecule has 1 aliphatic heterocycles. The summed E-state index contributed by atoms with van der Waals surface area (Å²) in [7, 11) is 3.31. The molecule has 3 heterocycles. The van der Waals surface area contributed by atoms with Crippen molar-refractivity contribution in [3.63, 3.8) is 0 Å². The van der Waals surface area contributed by atoms with E-state index in [1.807, 2.05) is 6.92 Å². The fourth-order valence-electron chi connectivity index (χ4n) is 5.21. The summed E-state index contributed by atoms with van der Waals surface area (Å²) in [6.07, 6.45) is 4.02. The van der Waals surface area contributed by atoms with Gasteiger partial charge in [-0.3, -0.25) is 28.9 Å². The van der Waals surface area contributed by atoms with Crippen LogP contribution in [0.15, 0.2) is 42.7 Å². The van der Waals surface area contributed by atoms with Crippen LogP contribution in [0.2, 0.25) is 0 Å². The number of nitrogens with zero attached hydrogens (tertiary/aromatic N) is 5. The van der Waals surface area contributed by atoms with E-state index in [2.05, 4.69) is 10.1 Å². The Morgan fingerprint density at radius 3 is 2.42 bits per heavy atom. The van der Waals surface area contributed by atoms with Crippen LogP contribution in [0, 0.1) is 25.6 Å². The van der Waals surface area contributed by atoms with Gasteiger partial charge in [0.15, 0.2) is 0 Å². The number of hydrogen-bond donors (Lipinski definition) is 1. The van der Waals surface area contributed by atoms with Gasteiger partial charge in [0.25, 0.3) is 5.91 Å². The lowest BCUT2D eigenvalue weighted by Gasteiger charge is -2.46. The summed E-state index contributed by atoms with van der Waals surface area (Å²) >= 11 is 0. The number of likely N-dealkylation sites (tertiary alicyclic amines) is 1. The van der Waals surface area contributed by atoms with Crippen LogP contribution in [-0.4, -0.2) is 50.5 Å². The lowest BCUT2D eigenvalue weighted by atomic mass is 9.80. The molecule has 1 aromatic carbocycles. The molecule has 0 unspecified atom stereocenters. The maximum atomic E-state index is 14.2. The first kappa shape index (κ1) is 27.0. The van der Waals surface area contributed by atoms with Crippen LogP contribution < -0.4 is 10.6 Å². The van der Waals surface area contributed by atoms with E-state index in [1.165, 1.54) is 4.90 Å². The van der Waals surface area contributed by atoms with E-state index in [-0.39, 0.29) is 30.5 Å². The predicted octanol–water partition coefficient (Wildman–Crippen LogP) is 3.30. The van der Waals surface area contributed by atoms with Crippen LogP contribution in [0.3, 0.4) is 0 Å². The number of hydrogen-bond acceptors (Lipinski definition) is 6. The minimum atomic E-state index is -0.974. The lowest BCUT2D eigenvalue weighted by Crippen LogP contribution is -2.69. The first-order valence-electron chi connectivity index (χ1n) is 12.6. The maximum Gasteiger partial charge on any atom is 0.252 e. The van der Waals surface area contributed by atoms with Crippen LogP contribution in [0.5, 0.6) is 0 Å². The number of benzene rings is 1. The second-order valence-electron chi connectivity index (χ2n) is 9.93. The van der Waals surface area contributed by atoms with Gasteiger partial charge >= 0.3 is 0 Å². The van der Waals surface area contributed by atoms with Crippen LogP contribution in [0.1, 0.15) is 47.9 Å². The quantitative estimate of drug-likeness (QED) is 0.456. The van der Waals surface area contributed by atoms with Crippen molar-refractivity contribution in [2.75, 3.05) is 17.7 Å². The number of aryl methyl sites for hydroxylation is 3. The zero-order valence-electron chi connectivity index (χ0n) is 22.3. The topological polar surface area (TPSA) is 114 Å². The van der Waals surface area contributed by atoms with E-state index >= 15 is 0 Å². The monoisotopic (exact) mass is 520 g/mol. The lowest BCUT2D eigenvalue weighted by molar-refractivity contribution is -0.170. The van der Waals surface area contributed by atoms with Crippen molar-refractivity contribution >= 4 is 29.4 Å². The van der Waals surface area contributed by atoms with Gasteiger partial charge in [0.2, 0.25) is 11.8 Å². The molecule has 2 N–H and O–H groups in total. The molecule has 10 heteroatoms. The molecule has 0 bridgehead atoms. The molecule has 4 rings (SSSR count). The van der Waals surface area contributed by atoms with E-state index in [0.717, 1.165) is 16.0 Å². The SMILES string of the molecule is CC[C@@H](CC(=O)N1C(=O)[C@H](Cc2ccnc(N)c2)[C@H]1C(=O)N(C)c1ccnn1C)c1cc(C)c(F)c(C)c1. The Hall–Kier alpha value is -4.08. The summed E-state index contributed by atoms with van der Waals surface area (Å²) in [5, 5.41) is 4.12. The molecule has 1 saturated heterocycles. The molecule has 3 atom stereocenters. The Labute approximate surface area is 221 Å². The molecular weight excluding hydrogens is 487 g/mol. The number of carbonyl (C=O) groups is 3. The van der Waals surface area contributed by atoms with Gasteiger partial charge in [0.05, 0.1) is 12.1 Å². The summed E-state index contributed by atoms with van der Waals surface area (Å²) in [5.74, 6) is -1.57. The molecule has 3 amide bonds. The molecule has 0 saturated carbocycles. The number of amides is 3. The number of nitrogen functional groups attached to an aromatic ring is 1. The Balaban J connectivity index is 1.62. The largest absolute Gasteiger partial charge is 0.384 e. The van der Waals surface area contributed by atoms with E-state index in [0.29, 0.717) is 29.2 Å². The predicted molar refractivity (Wildman–Crippen MR) is 142 cm³/mol. The highest BCUT2D eigenvalue weighted by atomic mass is 19.1. The van der Waals surface area contributed by atoms with Crippen LogP contribution in [-0.2, 0) is 27.9 Å². The summed E-state index contributed by atoms with van der Waals surface area (Å²) in [6, 6.07) is 7.62. The summed E-state index contributed by atoms with van der Waals surface area (Å²) in [5.41, 5.74) is 8.42. The summed E-state index contributed by atoms with van der Waals surface area (Å²) in [6.45, 7) is 5.33. The standard InChI is InChI=1S/C28H33FN6O3/c1-6-19(20-11-16(2)25(29)17(3)12-20)15-24(36)35-26(28(38)33(4)23-8-10-32-34(23)5)21(27(35)37)13-18-7-9-31-22(30)14-18/h7-12,14,19,21,26H,6,13,15H2,1-5H3,(H2,30,31)/t19-,21+,26-/m0/s1. The highest BCUT2D eigenvalue weighted by molar-refractivity contribution is 6.12. The van der Waals surface area contributed by atoms with Crippen molar-refractivity contribution in [3.8, 4) is 0 Å². The molecule has 38 heavy (non-hydrogen) atoms. The number of imide groups is 1. The molecular formula is C28H33FN6O3. The maximum absolute atomic E-state index is 14.2. The van der Waals surface area contributed by atoms with Gasteiger partial charge in [-0.1, -0.05) is 19.1 Å². The average molecular weight is 521 g/mol. The van der Waals surface area contributed by atoms with E-state index < -0.39 is 23.8 Å². The zero-order chi connectivity index (χ0) is 27.7. The van der Waals surface area contributed by atoms with Crippen LogP contribution in [0.4, 0.5) is 16.0 Å². The number of anilines is 2. The molecule has 1 fully saturated rings. The molecule has 3 aromatic rings. The van der Waals surface area contributed by atoms with Crippen molar-refractivity contribution < 1.29 is 18.8 Å². The fourth-order valence-corrected chi connectivity index (χ4v) is 5.21. The first-order chi connectivity index (χ1) is 18.0. The Kier molecular flexibility index (Phi) is 7.61. The molecule has 0 aliphatic carbocycles. The first-order valence-corrected chi connectivity index (χ1v) is 12.6. The smallest absolute Gasteiger partial charge is 0.252 e. The molecule has 200 valence electrons. The number of likely N-dealkylation sites (N-methyl/N-ethyl adjacent to an activating group) is 1. The molecule has 0 spiro atoms. The van der Waals surface area contributed by atoms with E-state index in [9.17, 15) is 18.8 Å². The minimum Gasteiger partial charge on any atom is -0.384 e. The van der Waals surface area contributed by atoms with Crippen molar-refractivity contribution in [2.24, 2.45) is 13.0 Å². The molecule has 2 aromatic heterocycles. The zero-order valence-corrected chi connectivity index (χ0v) is 22.3. The van der Waals surface area contributed by atoms with Crippen molar-refractivity contribution in [1.82, 2.24) is 19.7 Å². The highest BCUT2D eigenvalue weighted by Crippen LogP contribution is 2.35. The van der Waals surface area contributed by atoms with E-state index in [4.69, 9.17) is 5.73 Å². The normalized spacial score (nSPS) is 17.7. The second-order valence-corrected chi connectivity index (χ2v) is 9.93. The van der Waals surface area contributed by atoms with E-state index in [1.54, 1.807) is 75.4 Å². The second kappa shape index (κ2) is 10.7. The van der Waals surface area contributed by atoms with Gasteiger partial charge in [0, 0.05) is 32.8 Å². The number of nitrogens with two attached hydrogens (primary N) is 1. The number of β-lactam (4-membered cyclic amide) rings is 1. The van der Waals surface area contributed by atoms with Gasteiger partial charge in [0.1, 0.15) is 23.5 Å². The Morgan fingerprint density at radius 1 is 1.16 bits per heavy atom. The third kappa shape index (κ3) is 5.03. The third-order valence-corrected chi connectivity index (χ3v) is 7.35. The van der Waals surface area contributed by atoms with Gasteiger partial charge < -0.3 is 5.73 Å². The number of aromatic nitrogens is 3. The fraction of sp³-hybridized carbons (Fsp3) is 0.393. The number of halogens is 1. The van der Waals surface area contributed by atoms with Crippen molar-refractivity contribution in [3.05, 3.63) is 70.8 Å². The minimum absolute atomic E-state index is 0.0287. The van der Waals surface area contributed by atoms with Gasteiger partial charge in [-0.05, 0) is 67.0 Å². The molecule has 1 aliphatic rings. The molecule has 9 nitrogen and oxygen atoms in total. The number of pyridine rings is 1. The summed E-state index contributed by atoms with van der Waals surface area (Å²) < 4.78 is 15.8. The van der Waals surface area contributed by atoms with Crippen molar-refractivity contribution in [1.29, 1.82) is 0 Å². The van der Waals surface area contributed by atoms with Crippen LogP contribution in [0.25, 0.3) is 0 Å². The molecule has 0 radical (unpaired) electrons. The Bertz CT molecular complexity index is 1360. The van der Waals surface area contributed by atoms with Gasteiger partial charge in [-0.25, -0.2) is 9.37 Å². The van der Waals surface area contributed by atoms with Gasteiger partial charge in [-0.2, -0.15) is 5.10 Å². The number of rotatable bonds is 8. The highest BCUT2D eigenvalue weighted by Gasteiger charge is 2.55. The van der Waals surface area contributed by atoms with Gasteiger partial charge in [-0.15, -0.1) is 0 Å². The van der Waals surface area contributed by atoms with Crippen molar-refractivity contribution in [2.45, 2.75) is 52.0 Å². The number of carbonyl (C=O) groups excluding carboxylic acids is 3. The average Bonchev–Trinajstić information content (AvgIpc) is 3.31. The van der Waals surface area contributed by atoms with Crippen LogP contribution >= 0.6 is 0 Å². The summed E-state index contributed by atoms with van der Waals surface area (Å²) in [4.78, 5) is 47.1. The Morgan fingerprint density at radius 2 is 1.84 bits per heavy atom. The third-order valence-electron chi connectivity index (χ3n) is 7.35.